The summed E-state index contributed by atoms with van der Waals surface area (Å²) < 4.78 is 4.71. The zero-order valence-electron chi connectivity index (χ0n) is 16.3. The number of benzene rings is 2. The van der Waals surface area contributed by atoms with Gasteiger partial charge in [0, 0.05) is 24.1 Å². The van der Waals surface area contributed by atoms with Crippen molar-refractivity contribution >= 4 is 23.3 Å². The van der Waals surface area contributed by atoms with E-state index in [0.29, 0.717) is 16.8 Å². The van der Waals surface area contributed by atoms with E-state index < -0.39 is 5.97 Å². The number of hydrogen-bond acceptors (Lipinski definition) is 4. The zero-order valence-corrected chi connectivity index (χ0v) is 16.3. The van der Waals surface area contributed by atoms with Gasteiger partial charge in [-0.1, -0.05) is 18.2 Å². The van der Waals surface area contributed by atoms with Crippen LogP contribution in [-0.4, -0.2) is 24.8 Å². The fourth-order valence-corrected chi connectivity index (χ4v) is 3.49. The lowest BCUT2D eigenvalue weighted by Crippen LogP contribution is -2.15. The molecule has 2 aromatic rings. The summed E-state index contributed by atoms with van der Waals surface area (Å²) in [6.07, 6.45) is 4.72. The highest BCUT2D eigenvalue weighted by Gasteiger charge is 2.15. The first-order valence-corrected chi connectivity index (χ1v) is 9.62. The van der Waals surface area contributed by atoms with Crippen LogP contribution in [0.5, 0.6) is 0 Å². The molecule has 0 fully saturated rings. The fourth-order valence-electron chi connectivity index (χ4n) is 3.49. The van der Waals surface area contributed by atoms with Crippen LogP contribution in [0, 0.1) is 6.92 Å². The highest BCUT2D eigenvalue weighted by Crippen LogP contribution is 2.23. The number of esters is 1. The highest BCUT2D eigenvalue weighted by atomic mass is 16.5. The van der Waals surface area contributed by atoms with E-state index in [0.717, 1.165) is 24.8 Å². The van der Waals surface area contributed by atoms with E-state index in [4.69, 9.17) is 4.74 Å². The second-order valence-electron chi connectivity index (χ2n) is 7.18. The van der Waals surface area contributed by atoms with Crippen LogP contribution in [0.25, 0.3) is 0 Å². The Hall–Kier alpha value is -2.95. The van der Waals surface area contributed by atoms with E-state index in [2.05, 4.69) is 5.32 Å². The number of carbonyl (C=O) groups excluding carboxylic acids is 3. The fraction of sp³-hybridized carbons (Fsp3) is 0.348. The maximum absolute atomic E-state index is 12.5. The zero-order chi connectivity index (χ0) is 20.1. The molecule has 0 saturated heterocycles. The predicted molar refractivity (Wildman–Crippen MR) is 108 cm³/mol. The summed E-state index contributed by atoms with van der Waals surface area (Å²) in [6, 6.07) is 10.9. The lowest BCUT2D eigenvalue weighted by Gasteiger charge is -2.16. The van der Waals surface area contributed by atoms with Crippen molar-refractivity contribution in [3.63, 3.8) is 0 Å². The molecule has 0 spiro atoms. The summed E-state index contributed by atoms with van der Waals surface area (Å²) in [5, 5.41) is 2.79. The first-order chi connectivity index (χ1) is 13.5. The van der Waals surface area contributed by atoms with Crippen molar-refractivity contribution in [1.29, 1.82) is 0 Å². The molecular formula is C23H25NO4. The Labute approximate surface area is 165 Å². The van der Waals surface area contributed by atoms with Gasteiger partial charge >= 0.3 is 5.97 Å². The molecule has 1 amide bonds. The number of methoxy groups -OCH3 is 1. The first-order valence-electron chi connectivity index (χ1n) is 9.62. The molecule has 0 aliphatic heterocycles. The first kappa shape index (κ1) is 19.8. The Morgan fingerprint density at radius 3 is 2.39 bits per heavy atom. The van der Waals surface area contributed by atoms with Gasteiger partial charge in [-0.25, -0.2) is 4.79 Å². The molecule has 0 unspecified atom stereocenters. The minimum absolute atomic E-state index is 0.0245. The van der Waals surface area contributed by atoms with Crippen molar-refractivity contribution in [3.8, 4) is 0 Å². The Balaban J connectivity index is 1.60. The SMILES string of the molecule is COC(=O)c1ccc(C)c(NC(=O)CCC(=O)c2ccc3c(c2)CCCC3)c1. The third-order valence-electron chi connectivity index (χ3n) is 5.18. The van der Waals surface area contributed by atoms with Gasteiger partial charge in [0.15, 0.2) is 5.78 Å². The van der Waals surface area contributed by atoms with Gasteiger partial charge in [-0.05, 0) is 67.5 Å². The second-order valence-corrected chi connectivity index (χ2v) is 7.18. The van der Waals surface area contributed by atoms with E-state index >= 15 is 0 Å². The molecule has 0 heterocycles. The van der Waals surface area contributed by atoms with E-state index in [9.17, 15) is 14.4 Å². The quantitative estimate of drug-likeness (QED) is 0.601. The summed E-state index contributed by atoms with van der Waals surface area (Å²) in [5.41, 5.74) is 5.03. The molecule has 5 heteroatoms. The number of nitrogens with one attached hydrogen (secondary N) is 1. The van der Waals surface area contributed by atoms with Crippen molar-refractivity contribution in [1.82, 2.24) is 0 Å². The van der Waals surface area contributed by atoms with Crippen LogP contribution in [0.2, 0.25) is 0 Å². The third kappa shape index (κ3) is 4.66. The Morgan fingerprint density at radius 2 is 1.64 bits per heavy atom. The number of amides is 1. The number of rotatable bonds is 6. The molecular weight excluding hydrogens is 354 g/mol. The molecule has 5 nitrogen and oxygen atoms in total. The molecule has 0 aromatic heterocycles. The Bertz CT molecular complexity index is 917. The van der Waals surface area contributed by atoms with Gasteiger partial charge in [-0.15, -0.1) is 0 Å². The van der Waals surface area contributed by atoms with Crippen molar-refractivity contribution in [3.05, 3.63) is 64.2 Å². The summed E-state index contributed by atoms with van der Waals surface area (Å²) in [7, 11) is 1.31. The summed E-state index contributed by atoms with van der Waals surface area (Å²) in [5.74, 6) is -0.738. The predicted octanol–water partition coefficient (Wildman–Crippen LogP) is 4.26. The topological polar surface area (TPSA) is 72.5 Å². The van der Waals surface area contributed by atoms with Gasteiger partial charge in [-0.3, -0.25) is 9.59 Å². The number of ether oxygens (including phenoxy) is 1. The number of anilines is 1. The lowest BCUT2D eigenvalue weighted by molar-refractivity contribution is -0.116. The van der Waals surface area contributed by atoms with Crippen molar-refractivity contribution in [2.24, 2.45) is 0 Å². The molecule has 2 aromatic carbocycles. The smallest absolute Gasteiger partial charge is 0.337 e. The third-order valence-corrected chi connectivity index (χ3v) is 5.18. The lowest BCUT2D eigenvalue weighted by atomic mass is 9.89. The number of ketones is 1. The van der Waals surface area contributed by atoms with Crippen molar-refractivity contribution < 1.29 is 19.1 Å². The Morgan fingerprint density at radius 1 is 0.929 bits per heavy atom. The molecule has 1 aliphatic carbocycles. The standard InChI is InChI=1S/C23H25NO4/c1-15-7-8-19(23(27)28-2)14-20(15)24-22(26)12-11-21(25)18-10-9-16-5-3-4-6-17(16)13-18/h7-10,13-14H,3-6,11-12H2,1-2H3,(H,24,26). The molecule has 1 N–H and O–H groups in total. The van der Waals surface area contributed by atoms with Crippen LogP contribution >= 0.6 is 0 Å². The Kier molecular flexibility index (Phi) is 6.24. The molecule has 0 saturated carbocycles. The molecule has 0 bridgehead atoms. The minimum atomic E-state index is -0.460. The van der Waals surface area contributed by atoms with Crippen molar-refractivity contribution in [2.45, 2.75) is 45.4 Å². The molecule has 146 valence electrons. The normalized spacial score (nSPS) is 12.8. The maximum atomic E-state index is 12.5. The van der Waals surface area contributed by atoms with Crippen LogP contribution < -0.4 is 5.32 Å². The van der Waals surface area contributed by atoms with Gasteiger partial charge < -0.3 is 10.1 Å². The van der Waals surface area contributed by atoms with Crippen LogP contribution in [0.15, 0.2) is 36.4 Å². The summed E-state index contributed by atoms with van der Waals surface area (Å²) >= 11 is 0. The van der Waals surface area contributed by atoms with Crippen LogP contribution in [-0.2, 0) is 22.4 Å². The van der Waals surface area contributed by atoms with Gasteiger partial charge in [0.05, 0.1) is 12.7 Å². The van der Waals surface area contributed by atoms with Crippen LogP contribution in [0.3, 0.4) is 0 Å². The van der Waals surface area contributed by atoms with E-state index in [1.807, 2.05) is 25.1 Å². The number of aryl methyl sites for hydroxylation is 3. The van der Waals surface area contributed by atoms with E-state index in [1.165, 1.54) is 24.7 Å². The van der Waals surface area contributed by atoms with E-state index in [-0.39, 0.29) is 24.5 Å². The van der Waals surface area contributed by atoms with Crippen molar-refractivity contribution in [2.75, 3.05) is 12.4 Å². The molecule has 1 aliphatic rings. The average Bonchev–Trinajstić information content (AvgIpc) is 2.72. The van der Waals surface area contributed by atoms with Gasteiger partial charge in [-0.2, -0.15) is 0 Å². The van der Waals surface area contributed by atoms with Crippen LogP contribution in [0.4, 0.5) is 5.69 Å². The minimum Gasteiger partial charge on any atom is -0.465 e. The summed E-state index contributed by atoms with van der Waals surface area (Å²) in [6.45, 7) is 1.84. The van der Waals surface area contributed by atoms with Gasteiger partial charge in [0.2, 0.25) is 5.91 Å². The second kappa shape index (κ2) is 8.83. The van der Waals surface area contributed by atoms with Gasteiger partial charge in [0.1, 0.15) is 0 Å². The van der Waals surface area contributed by atoms with Crippen LogP contribution in [0.1, 0.15) is 63.1 Å². The molecule has 28 heavy (non-hydrogen) atoms. The largest absolute Gasteiger partial charge is 0.465 e. The molecule has 0 radical (unpaired) electrons. The number of Topliss-reactive ketones (excluding diaryl/α,β-unsaturated/α-hetero) is 1. The summed E-state index contributed by atoms with van der Waals surface area (Å²) in [4.78, 5) is 36.5. The molecule has 3 rings (SSSR count). The number of carbonyl (C=O) groups is 3. The van der Waals surface area contributed by atoms with E-state index in [1.54, 1.807) is 18.2 Å². The average molecular weight is 379 g/mol. The monoisotopic (exact) mass is 379 g/mol. The number of fused-ring (bicyclic) bond motifs is 1. The number of hydrogen-bond donors (Lipinski definition) is 1. The van der Waals surface area contributed by atoms with Gasteiger partial charge in [0.25, 0.3) is 0 Å². The molecule has 0 atom stereocenters. The highest BCUT2D eigenvalue weighted by molar-refractivity contribution is 6.01. The maximum Gasteiger partial charge on any atom is 0.337 e.